The Morgan fingerprint density at radius 2 is 2.15 bits per heavy atom. The molecule has 110 valence electrons. The highest BCUT2D eigenvalue weighted by Crippen LogP contribution is 2.19. The molecule has 1 aliphatic rings. The largest absolute Gasteiger partial charge is 0.465 e. The zero-order valence-electron chi connectivity index (χ0n) is 12.0. The van der Waals surface area contributed by atoms with Crippen LogP contribution in [-0.2, 0) is 4.74 Å². The Hall–Kier alpha value is -1.59. The van der Waals surface area contributed by atoms with Crippen molar-refractivity contribution in [3.8, 4) is 0 Å². The third-order valence-corrected chi connectivity index (χ3v) is 3.90. The molecular formula is C15H22N2O3. The minimum atomic E-state index is -0.874. The van der Waals surface area contributed by atoms with Gasteiger partial charge in [-0.05, 0) is 18.9 Å². The molecule has 1 fully saturated rings. The van der Waals surface area contributed by atoms with Gasteiger partial charge in [-0.2, -0.15) is 0 Å². The van der Waals surface area contributed by atoms with Gasteiger partial charge in [-0.1, -0.05) is 30.3 Å². The van der Waals surface area contributed by atoms with Crippen LogP contribution in [0.25, 0.3) is 0 Å². The number of piperidine rings is 1. The van der Waals surface area contributed by atoms with Crippen molar-refractivity contribution in [2.45, 2.75) is 31.5 Å². The highest BCUT2D eigenvalue weighted by molar-refractivity contribution is 5.65. The molecule has 2 N–H and O–H groups in total. The Bertz CT molecular complexity index is 438. The summed E-state index contributed by atoms with van der Waals surface area (Å²) < 4.78 is 5.45. The van der Waals surface area contributed by atoms with Gasteiger partial charge in [0.2, 0.25) is 0 Å². The number of likely N-dealkylation sites (tertiary alicyclic amines) is 1. The maximum atomic E-state index is 11.0. The summed E-state index contributed by atoms with van der Waals surface area (Å²) >= 11 is 0. The van der Waals surface area contributed by atoms with Gasteiger partial charge in [0.05, 0.1) is 12.6 Å². The first-order valence-corrected chi connectivity index (χ1v) is 6.93. The van der Waals surface area contributed by atoms with Gasteiger partial charge in [-0.25, -0.2) is 4.79 Å². The highest BCUT2D eigenvalue weighted by atomic mass is 16.5. The predicted octanol–water partition coefficient (Wildman–Crippen LogP) is 2.10. The molecule has 20 heavy (non-hydrogen) atoms. The van der Waals surface area contributed by atoms with E-state index in [2.05, 4.69) is 24.4 Å². The number of nitrogens with one attached hydrogen (secondary N) is 1. The number of carbonyl (C=O) groups is 1. The van der Waals surface area contributed by atoms with Crippen LogP contribution in [0.4, 0.5) is 4.79 Å². The van der Waals surface area contributed by atoms with Crippen molar-refractivity contribution in [3.05, 3.63) is 35.9 Å². The highest BCUT2D eigenvalue weighted by Gasteiger charge is 2.32. The lowest BCUT2D eigenvalue weighted by Crippen LogP contribution is -2.54. The lowest BCUT2D eigenvalue weighted by atomic mass is 9.99. The van der Waals surface area contributed by atoms with Crippen LogP contribution in [-0.4, -0.2) is 48.4 Å². The first-order chi connectivity index (χ1) is 9.61. The summed E-state index contributed by atoms with van der Waals surface area (Å²) in [5, 5.41) is 12.6. The van der Waals surface area contributed by atoms with Crippen molar-refractivity contribution in [3.63, 3.8) is 0 Å². The number of carboxylic acid groups (broad SMARTS) is 1. The first-order valence-electron chi connectivity index (χ1n) is 6.93. The standard InChI is InChI=1S/C15H22N2O3/c1-11(12-6-4-3-5-7-12)16-13-8-9-17(15(18)19)10-14(13)20-2/h3-7,11,13-14,16H,8-10H2,1-2H3,(H,18,19). The second-order valence-corrected chi connectivity index (χ2v) is 5.20. The third kappa shape index (κ3) is 3.49. The molecule has 0 bridgehead atoms. The van der Waals surface area contributed by atoms with Crippen LogP contribution in [0.1, 0.15) is 24.9 Å². The number of hydrogen-bond donors (Lipinski definition) is 2. The van der Waals surface area contributed by atoms with Crippen LogP contribution in [0.5, 0.6) is 0 Å². The molecule has 2 rings (SSSR count). The zero-order valence-corrected chi connectivity index (χ0v) is 12.0. The number of amides is 1. The molecular weight excluding hydrogens is 256 g/mol. The van der Waals surface area contributed by atoms with E-state index < -0.39 is 6.09 Å². The molecule has 5 heteroatoms. The molecule has 0 aromatic heterocycles. The van der Waals surface area contributed by atoms with E-state index in [4.69, 9.17) is 9.84 Å². The van der Waals surface area contributed by atoms with Crippen molar-refractivity contribution in [2.24, 2.45) is 0 Å². The predicted molar refractivity (Wildman–Crippen MR) is 76.8 cm³/mol. The molecule has 1 heterocycles. The molecule has 0 aliphatic carbocycles. The number of benzene rings is 1. The van der Waals surface area contributed by atoms with Gasteiger partial charge in [0.25, 0.3) is 0 Å². The minimum Gasteiger partial charge on any atom is -0.465 e. The zero-order chi connectivity index (χ0) is 14.5. The van der Waals surface area contributed by atoms with Gasteiger partial charge in [0.1, 0.15) is 0 Å². The van der Waals surface area contributed by atoms with E-state index in [1.54, 1.807) is 7.11 Å². The van der Waals surface area contributed by atoms with E-state index >= 15 is 0 Å². The summed E-state index contributed by atoms with van der Waals surface area (Å²) in [6.45, 7) is 3.09. The van der Waals surface area contributed by atoms with Gasteiger partial charge in [-0.15, -0.1) is 0 Å². The number of ether oxygens (including phenoxy) is 1. The van der Waals surface area contributed by atoms with Crippen molar-refractivity contribution in [2.75, 3.05) is 20.2 Å². The van der Waals surface area contributed by atoms with Gasteiger partial charge >= 0.3 is 6.09 Å². The monoisotopic (exact) mass is 278 g/mol. The number of rotatable bonds is 4. The molecule has 0 spiro atoms. The van der Waals surface area contributed by atoms with Gasteiger partial charge in [0.15, 0.2) is 0 Å². The average Bonchev–Trinajstić information content (AvgIpc) is 2.48. The van der Waals surface area contributed by atoms with E-state index in [1.165, 1.54) is 10.5 Å². The second-order valence-electron chi connectivity index (χ2n) is 5.20. The molecule has 3 unspecified atom stereocenters. The Morgan fingerprint density at radius 1 is 1.45 bits per heavy atom. The van der Waals surface area contributed by atoms with Crippen molar-refractivity contribution < 1.29 is 14.6 Å². The van der Waals surface area contributed by atoms with E-state index in [0.29, 0.717) is 13.1 Å². The molecule has 0 saturated carbocycles. The van der Waals surface area contributed by atoms with Crippen molar-refractivity contribution >= 4 is 6.09 Å². The van der Waals surface area contributed by atoms with Crippen LogP contribution in [0.3, 0.4) is 0 Å². The molecule has 1 amide bonds. The normalized spacial score (nSPS) is 24.4. The molecule has 1 aromatic rings. The maximum absolute atomic E-state index is 11.0. The molecule has 1 saturated heterocycles. The fraction of sp³-hybridized carbons (Fsp3) is 0.533. The van der Waals surface area contributed by atoms with E-state index in [-0.39, 0.29) is 18.2 Å². The summed E-state index contributed by atoms with van der Waals surface area (Å²) in [5.41, 5.74) is 1.23. The topological polar surface area (TPSA) is 61.8 Å². The van der Waals surface area contributed by atoms with Crippen LogP contribution < -0.4 is 5.32 Å². The first kappa shape index (κ1) is 14.8. The summed E-state index contributed by atoms with van der Waals surface area (Å²) in [5.74, 6) is 0. The molecule has 1 aromatic carbocycles. The van der Waals surface area contributed by atoms with Gasteiger partial charge in [0, 0.05) is 25.7 Å². The molecule has 0 radical (unpaired) electrons. The Balaban J connectivity index is 1.97. The summed E-state index contributed by atoms with van der Waals surface area (Å²) in [7, 11) is 1.64. The van der Waals surface area contributed by atoms with Crippen LogP contribution in [0, 0.1) is 0 Å². The summed E-state index contributed by atoms with van der Waals surface area (Å²) in [6, 6.07) is 10.6. The fourth-order valence-corrected chi connectivity index (χ4v) is 2.68. The number of nitrogens with zero attached hydrogens (tertiary/aromatic N) is 1. The Morgan fingerprint density at radius 3 is 2.75 bits per heavy atom. The maximum Gasteiger partial charge on any atom is 0.407 e. The smallest absolute Gasteiger partial charge is 0.407 e. The fourth-order valence-electron chi connectivity index (χ4n) is 2.68. The second kappa shape index (κ2) is 6.72. The van der Waals surface area contributed by atoms with Crippen molar-refractivity contribution in [1.29, 1.82) is 0 Å². The van der Waals surface area contributed by atoms with Crippen LogP contribution in [0.2, 0.25) is 0 Å². The van der Waals surface area contributed by atoms with E-state index in [1.807, 2.05) is 18.2 Å². The molecule has 1 aliphatic heterocycles. The third-order valence-electron chi connectivity index (χ3n) is 3.90. The van der Waals surface area contributed by atoms with E-state index in [0.717, 1.165) is 6.42 Å². The summed E-state index contributed by atoms with van der Waals surface area (Å²) in [4.78, 5) is 12.4. The lowest BCUT2D eigenvalue weighted by molar-refractivity contribution is 0.00701. The SMILES string of the molecule is COC1CN(C(=O)O)CCC1NC(C)c1ccccc1. The number of methoxy groups -OCH3 is 1. The lowest BCUT2D eigenvalue weighted by Gasteiger charge is -2.38. The molecule has 5 nitrogen and oxygen atoms in total. The van der Waals surface area contributed by atoms with E-state index in [9.17, 15) is 4.79 Å². The van der Waals surface area contributed by atoms with Gasteiger partial charge < -0.3 is 20.1 Å². The minimum absolute atomic E-state index is 0.106. The molecule has 3 atom stereocenters. The van der Waals surface area contributed by atoms with Crippen molar-refractivity contribution in [1.82, 2.24) is 10.2 Å². The van der Waals surface area contributed by atoms with Crippen LogP contribution >= 0.6 is 0 Å². The number of hydrogen-bond acceptors (Lipinski definition) is 3. The van der Waals surface area contributed by atoms with Gasteiger partial charge in [-0.3, -0.25) is 0 Å². The average molecular weight is 278 g/mol. The Labute approximate surface area is 119 Å². The Kier molecular flexibility index (Phi) is 4.98. The van der Waals surface area contributed by atoms with Crippen LogP contribution in [0.15, 0.2) is 30.3 Å². The quantitative estimate of drug-likeness (QED) is 0.885. The summed E-state index contributed by atoms with van der Waals surface area (Å²) in [6.07, 6.45) is -0.213.